The van der Waals surface area contributed by atoms with Crippen LogP contribution in [0.2, 0.25) is 10.0 Å². The van der Waals surface area contributed by atoms with E-state index in [1.807, 2.05) is 6.07 Å². The Morgan fingerprint density at radius 1 is 1.58 bits per heavy atom. The highest BCUT2D eigenvalue weighted by atomic mass is 35.5. The fraction of sp³-hybridized carbons (Fsp3) is 0.462. The van der Waals surface area contributed by atoms with Gasteiger partial charge >= 0.3 is 0 Å². The van der Waals surface area contributed by atoms with Gasteiger partial charge in [-0.3, -0.25) is 5.41 Å². The van der Waals surface area contributed by atoms with Gasteiger partial charge in [0.15, 0.2) is 6.10 Å². The number of aliphatic hydroxyl groups excluding tert-OH is 1. The number of rotatable bonds is 3. The van der Waals surface area contributed by atoms with Gasteiger partial charge in [0, 0.05) is 10.5 Å². The zero-order valence-corrected chi connectivity index (χ0v) is 12.8. The minimum absolute atomic E-state index is 0.194. The van der Waals surface area contributed by atoms with Gasteiger partial charge in [-0.15, -0.1) is 11.8 Å². The number of hydrogen-bond donors (Lipinski definition) is 2. The molecule has 0 amide bonds. The largest absolute Gasteiger partial charge is 0.479 e. The van der Waals surface area contributed by atoms with E-state index in [1.54, 1.807) is 18.7 Å². The summed E-state index contributed by atoms with van der Waals surface area (Å²) in [6.07, 6.45) is 0.833. The molecule has 1 unspecified atom stereocenters. The third-order valence-corrected chi connectivity index (χ3v) is 5.01. The van der Waals surface area contributed by atoms with Gasteiger partial charge in [-0.2, -0.15) is 0 Å². The van der Waals surface area contributed by atoms with Gasteiger partial charge in [-0.25, -0.2) is 0 Å². The Morgan fingerprint density at radius 2 is 2.32 bits per heavy atom. The predicted octanol–water partition coefficient (Wildman–Crippen LogP) is 4.08. The van der Waals surface area contributed by atoms with Crippen molar-refractivity contribution in [1.82, 2.24) is 0 Å². The molecule has 0 aromatic heterocycles. The number of hydrogen-bond acceptors (Lipinski definition) is 4. The van der Waals surface area contributed by atoms with Crippen LogP contribution in [0.5, 0.6) is 0 Å². The van der Waals surface area contributed by atoms with Crippen LogP contribution in [0.1, 0.15) is 30.6 Å². The lowest BCUT2D eigenvalue weighted by molar-refractivity contribution is 0.188. The molecule has 0 radical (unpaired) electrons. The summed E-state index contributed by atoms with van der Waals surface area (Å²) in [4.78, 5) is 0.942. The highest BCUT2D eigenvalue weighted by Gasteiger charge is 2.27. The summed E-state index contributed by atoms with van der Waals surface area (Å²) >= 11 is 14.0. The summed E-state index contributed by atoms with van der Waals surface area (Å²) in [5.74, 6) is 0.784. The fourth-order valence-electron chi connectivity index (χ4n) is 2.09. The molecule has 0 spiro atoms. The minimum atomic E-state index is -1.16. The normalized spacial score (nSPS) is 15.8. The zero-order valence-electron chi connectivity index (χ0n) is 10.5. The number of thioether (sulfide) groups is 1. The fourth-order valence-corrected chi connectivity index (χ4v) is 3.84. The molecule has 6 heteroatoms. The Hall–Kier alpha value is -0.420. The van der Waals surface area contributed by atoms with E-state index in [0.717, 1.165) is 29.1 Å². The average molecular weight is 320 g/mol. The lowest BCUT2D eigenvalue weighted by Gasteiger charge is -2.24. The molecular formula is C13H15Cl2NO2S. The second kappa shape index (κ2) is 6.35. The van der Waals surface area contributed by atoms with Gasteiger partial charge in [0.2, 0.25) is 5.90 Å². The maximum Gasteiger partial charge on any atom is 0.215 e. The van der Waals surface area contributed by atoms with E-state index in [-0.39, 0.29) is 5.90 Å². The monoisotopic (exact) mass is 319 g/mol. The Balaban J connectivity index is 2.48. The first-order chi connectivity index (χ1) is 9.06. The Kier molecular flexibility index (Phi) is 5.01. The second-order valence-electron chi connectivity index (χ2n) is 4.23. The zero-order chi connectivity index (χ0) is 14.0. The number of nitrogens with one attached hydrogen (secondary N) is 1. The number of aryl methyl sites for hydroxylation is 1. The Labute approximate surface area is 126 Å². The van der Waals surface area contributed by atoms with Crippen molar-refractivity contribution in [3.8, 4) is 0 Å². The van der Waals surface area contributed by atoms with Crippen LogP contribution in [-0.4, -0.2) is 23.4 Å². The quantitative estimate of drug-likeness (QED) is 0.652. The summed E-state index contributed by atoms with van der Waals surface area (Å²) in [6.45, 7) is 2.11. The van der Waals surface area contributed by atoms with Crippen LogP contribution in [-0.2, 0) is 11.2 Å². The van der Waals surface area contributed by atoms with Crippen LogP contribution in [0.15, 0.2) is 11.0 Å². The molecule has 104 valence electrons. The molecule has 1 heterocycles. The van der Waals surface area contributed by atoms with Crippen LogP contribution in [0.4, 0.5) is 0 Å². The number of aliphatic hydroxyl groups is 1. The first kappa shape index (κ1) is 15.0. The van der Waals surface area contributed by atoms with E-state index in [2.05, 4.69) is 0 Å². The molecule has 1 atom stereocenters. The topological polar surface area (TPSA) is 53.3 Å². The van der Waals surface area contributed by atoms with Crippen molar-refractivity contribution in [2.75, 3.05) is 12.4 Å². The molecule has 0 aliphatic carbocycles. The van der Waals surface area contributed by atoms with Gasteiger partial charge in [0.25, 0.3) is 0 Å². The third-order valence-electron chi connectivity index (χ3n) is 2.94. The molecule has 0 saturated carbocycles. The molecular weight excluding hydrogens is 305 g/mol. The average Bonchev–Trinajstić information content (AvgIpc) is 2.40. The lowest BCUT2D eigenvalue weighted by Crippen LogP contribution is -2.17. The molecule has 3 nitrogen and oxygen atoms in total. The Morgan fingerprint density at radius 3 is 3.00 bits per heavy atom. The first-order valence-corrected chi connectivity index (χ1v) is 7.83. The predicted molar refractivity (Wildman–Crippen MR) is 79.8 cm³/mol. The highest BCUT2D eigenvalue weighted by Crippen LogP contribution is 2.43. The molecule has 1 aromatic rings. The maximum absolute atomic E-state index is 10.3. The molecule has 0 saturated heterocycles. The Bertz CT molecular complexity index is 508. The van der Waals surface area contributed by atoms with Crippen LogP contribution in [0, 0.1) is 5.41 Å². The number of benzene rings is 1. The van der Waals surface area contributed by atoms with Crippen LogP contribution in [0.3, 0.4) is 0 Å². The van der Waals surface area contributed by atoms with E-state index in [9.17, 15) is 5.11 Å². The van der Waals surface area contributed by atoms with Gasteiger partial charge in [-0.05, 0) is 37.1 Å². The molecule has 0 fully saturated rings. The molecule has 2 N–H and O–H groups in total. The summed E-state index contributed by atoms with van der Waals surface area (Å²) in [5.41, 5.74) is 1.59. The highest BCUT2D eigenvalue weighted by molar-refractivity contribution is 7.99. The van der Waals surface area contributed by atoms with E-state index >= 15 is 0 Å². The van der Waals surface area contributed by atoms with Crippen LogP contribution in [0.25, 0.3) is 0 Å². The molecule has 1 aromatic carbocycles. The molecule has 1 aliphatic rings. The van der Waals surface area contributed by atoms with Crippen molar-refractivity contribution in [2.45, 2.75) is 30.8 Å². The van der Waals surface area contributed by atoms with E-state index in [0.29, 0.717) is 22.2 Å². The molecule has 0 bridgehead atoms. The van der Waals surface area contributed by atoms with E-state index in [4.69, 9.17) is 33.3 Å². The lowest BCUT2D eigenvalue weighted by atomic mass is 10.0. The molecule has 19 heavy (non-hydrogen) atoms. The summed E-state index contributed by atoms with van der Waals surface area (Å²) in [6, 6.07) is 1.85. The number of ether oxygens (including phenoxy) is 1. The number of halogens is 2. The van der Waals surface area contributed by atoms with Gasteiger partial charge < -0.3 is 9.84 Å². The first-order valence-electron chi connectivity index (χ1n) is 6.09. The van der Waals surface area contributed by atoms with Crippen molar-refractivity contribution in [3.05, 3.63) is 27.2 Å². The second-order valence-corrected chi connectivity index (χ2v) is 6.12. The molecule has 2 rings (SSSR count). The van der Waals surface area contributed by atoms with Crippen molar-refractivity contribution >= 4 is 40.9 Å². The van der Waals surface area contributed by atoms with E-state index in [1.165, 1.54) is 0 Å². The number of fused-ring (bicyclic) bond motifs is 1. The smallest absolute Gasteiger partial charge is 0.215 e. The van der Waals surface area contributed by atoms with E-state index < -0.39 is 6.10 Å². The SMILES string of the molecule is CCOC(=N)C(O)c1c(Cl)c(Cl)cc2c1SCCC2. The summed E-state index contributed by atoms with van der Waals surface area (Å²) in [7, 11) is 0. The van der Waals surface area contributed by atoms with Crippen molar-refractivity contribution < 1.29 is 9.84 Å². The van der Waals surface area contributed by atoms with Crippen molar-refractivity contribution in [1.29, 1.82) is 5.41 Å². The van der Waals surface area contributed by atoms with Crippen LogP contribution < -0.4 is 0 Å². The van der Waals surface area contributed by atoms with Gasteiger partial charge in [-0.1, -0.05) is 23.2 Å². The summed E-state index contributed by atoms with van der Waals surface area (Å²) < 4.78 is 5.07. The minimum Gasteiger partial charge on any atom is -0.479 e. The maximum atomic E-state index is 10.3. The van der Waals surface area contributed by atoms with Crippen LogP contribution >= 0.6 is 35.0 Å². The third kappa shape index (κ3) is 3.02. The van der Waals surface area contributed by atoms with Crippen molar-refractivity contribution in [3.63, 3.8) is 0 Å². The van der Waals surface area contributed by atoms with Gasteiger partial charge in [0.1, 0.15) is 0 Å². The molecule has 1 aliphatic heterocycles. The van der Waals surface area contributed by atoms with Crippen molar-refractivity contribution in [2.24, 2.45) is 0 Å². The summed E-state index contributed by atoms with van der Waals surface area (Å²) in [5, 5.41) is 18.7. The van der Waals surface area contributed by atoms with Gasteiger partial charge in [0.05, 0.1) is 16.7 Å². The standard InChI is InChI=1S/C13H15Cl2NO2S/c1-2-18-13(16)11(17)9-10(15)8(14)6-7-4-3-5-19-12(7)9/h6,11,16-17H,2-5H2,1H3.